The number of benzene rings is 1. The lowest BCUT2D eigenvalue weighted by Gasteiger charge is -2.38. The van der Waals surface area contributed by atoms with E-state index in [4.69, 9.17) is 0 Å². The number of carbonyl (C=O) groups is 1. The van der Waals surface area contributed by atoms with E-state index >= 15 is 0 Å². The van der Waals surface area contributed by atoms with Crippen LogP contribution in [0.1, 0.15) is 45.1 Å². The van der Waals surface area contributed by atoms with E-state index in [-0.39, 0.29) is 17.8 Å². The molecule has 1 fully saturated rings. The van der Waals surface area contributed by atoms with Crippen molar-refractivity contribution in [3.05, 3.63) is 35.6 Å². The fraction of sp³-hybridized carbons (Fsp3) is 0.588. The molecule has 1 aromatic rings. The van der Waals surface area contributed by atoms with Crippen molar-refractivity contribution < 1.29 is 9.18 Å². The molecule has 0 aromatic heterocycles. The predicted octanol–water partition coefficient (Wildman–Crippen LogP) is 2.92. The van der Waals surface area contributed by atoms with Crippen LogP contribution in [0.3, 0.4) is 0 Å². The van der Waals surface area contributed by atoms with Crippen LogP contribution < -0.4 is 5.32 Å². The van der Waals surface area contributed by atoms with Gasteiger partial charge in [0.2, 0.25) is 5.91 Å². The Bertz CT molecular complexity index is 481. The van der Waals surface area contributed by atoms with Crippen LogP contribution in [0.15, 0.2) is 24.3 Å². The Kier molecular flexibility index (Phi) is 5.34. The first-order valence-electron chi connectivity index (χ1n) is 7.85. The number of halogens is 1. The summed E-state index contributed by atoms with van der Waals surface area (Å²) in [5.74, 6) is 0.400. The maximum Gasteiger partial charge on any atom is 0.239 e. The molecule has 1 saturated carbocycles. The van der Waals surface area contributed by atoms with Crippen LogP contribution in [0.25, 0.3) is 0 Å². The second kappa shape index (κ2) is 7.03. The first kappa shape index (κ1) is 16.0. The van der Waals surface area contributed by atoms with Crippen LogP contribution in [0.2, 0.25) is 0 Å². The molecule has 21 heavy (non-hydrogen) atoms. The minimum Gasteiger partial charge on any atom is -0.342 e. The van der Waals surface area contributed by atoms with Gasteiger partial charge in [0.1, 0.15) is 5.82 Å². The Balaban J connectivity index is 1.81. The highest BCUT2D eigenvalue weighted by atomic mass is 19.1. The summed E-state index contributed by atoms with van der Waals surface area (Å²) < 4.78 is 13.2. The zero-order valence-corrected chi connectivity index (χ0v) is 13.1. The second-order valence-corrected chi connectivity index (χ2v) is 5.82. The molecule has 0 heterocycles. The number of likely N-dealkylation sites (N-methyl/N-ethyl adjacent to an activating group) is 1. The van der Waals surface area contributed by atoms with E-state index in [1.807, 2.05) is 31.7 Å². The smallest absolute Gasteiger partial charge is 0.239 e. The number of rotatable bonds is 6. The molecule has 1 aromatic carbocycles. The second-order valence-electron chi connectivity index (χ2n) is 5.82. The van der Waals surface area contributed by atoms with Gasteiger partial charge in [0.15, 0.2) is 0 Å². The molecule has 0 bridgehead atoms. The van der Waals surface area contributed by atoms with Crippen molar-refractivity contribution in [1.29, 1.82) is 0 Å². The monoisotopic (exact) mass is 292 g/mol. The maximum atomic E-state index is 13.2. The summed E-state index contributed by atoms with van der Waals surface area (Å²) in [5, 5.41) is 3.39. The van der Waals surface area contributed by atoms with E-state index in [2.05, 4.69) is 5.32 Å². The minimum atomic E-state index is -0.172. The third-order valence-corrected chi connectivity index (χ3v) is 4.39. The lowest BCUT2D eigenvalue weighted by atomic mass is 9.75. The van der Waals surface area contributed by atoms with Gasteiger partial charge in [0.25, 0.3) is 0 Å². The highest BCUT2D eigenvalue weighted by Gasteiger charge is 2.32. The Labute approximate surface area is 126 Å². The molecule has 1 atom stereocenters. The Morgan fingerprint density at radius 3 is 2.62 bits per heavy atom. The average Bonchev–Trinajstić information content (AvgIpc) is 2.43. The molecular formula is C17H25FN2O. The van der Waals surface area contributed by atoms with E-state index in [9.17, 15) is 9.18 Å². The minimum absolute atomic E-state index is 0.150. The van der Waals surface area contributed by atoms with Crippen LogP contribution in [0, 0.1) is 5.82 Å². The highest BCUT2D eigenvalue weighted by molar-refractivity contribution is 5.81. The molecule has 0 spiro atoms. The molecule has 1 unspecified atom stereocenters. The van der Waals surface area contributed by atoms with Crippen LogP contribution in [-0.4, -0.2) is 36.0 Å². The zero-order chi connectivity index (χ0) is 15.4. The van der Waals surface area contributed by atoms with Gasteiger partial charge in [-0.2, -0.15) is 0 Å². The normalized spacial score (nSPS) is 22.5. The number of carbonyl (C=O) groups excluding carboxylic acids is 1. The van der Waals surface area contributed by atoms with E-state index in [1.165, 1.54) is 6.07 Å². The van der Waals surface area contributed by atoms with Gasteiger partial charge in [-0.25, -0.2) is 4.39 Å². The molecule has 1 aliphatic carbocycles. The molecule has 1 aliphatic rings. The molecule has 3 nitrogen and oxygen atoms in total. The van der Waals surface area contributed by atoms with Crippen molar-refractivity contribution in [2.24, 2.45) is 0 Å². The molecule has 0 aliphatic heterocycles. The third-order valence-electron chi connectivity index (χ3n) is 4.39. The van der Waals surface area contributed by atoms with Gasteiger partial charge in [-0.3, -0.25) is 4.79 Å². The van der Waals surface area contributed by atoms with Gasteiger partial charge < -0.3 is 10.2 Å². The molecule has 4 heteroatoms. The summed E-state index contributed by atoms with van der Waals surface area (Å²) in [6, 6.07) is 7.04. The maximum absolute atomic E-state index is 13.2. The summed E-state index contributed by atoms with van der Waals surface area (Å²) >= 11 is 0. The lowest BCUT2D eigenvalue weighted by Crippen LogP contribution is -2.51. The molecule has 2 rings (SSSR count). The number of nitrogens with one attached hydrogen (secondary N) is 1. The van der Waals surface area contributed by atoms with Gasteiger partial charge >= 0.3 is 0 Å². The molecule has 0 saturated heterocycles. The highest BCUT2D eigenvalue weighted by Crippen LogP contribution is 2.37. The molecule has 0 radical (unpaired) electrons. The standard InChI is InChI=1S/C17H25FN2O/c1-4-20(5-2)17(21)12(3)19-16-10-14(11-16)13-7-6-8-15(18)9-13/h6-9,12,14,16,19H,4-5,10-11H2,1-3H3. The molecule has 116 valence electrons. The Morgan fingerprint density at radius 1 is 1.38 bits per heavy atom. The van der Waals surface area contributed by atoms with E-state index in [0.717, 1.165) is 31.5 Å². The average molecular weight is 292 g/mol. The van der Waals surface area contributed by atoms with Crippen LogP contribution in [0.4, 0.5) is 4.39 Å². The van der Waals surface area contributed by atoms with Gasteiger partial charge in [-0.1, -0.05) is 12.1 Å². The van der Waals surface area contributed by atoms with E-state index < -0.39 is 0 Å². The van der Waals surface area contributed by atoms with Crippen molar-refractivity contribution in [2.45, 2.75) is 51.6 Å². The van der Waals surface area contributed by atoms with Crippen molar-refractivity contribution in [1.82, 2.24) is 10.2 Å². The predicted molar refractivity (Wildman–Crippen MR) is 82.7 cm³/mol. The Hall–Kier alpha value is -1.42. The first-order chi connectivity index (χ1) is 10.0. The molecular weight excluding hydrogens is 267 g/mol. The summed E-state index contributed by atoms with van der Waals surface area (Å²) in [6.45, 7) is 7.42. The fourth-order valence-electron chi connectivity index (χ4n) is 3.02. The van der Waals surface area contributed by atoms with E-state index in [0.29, 0.717) is 12.0 Å². The molecule has 1 N–H and O–H groups in total. The zero-order valence-electron chi connectivity index (χ0n) is 13.1. The molecule has 1 amide bonds. The first-order valence-corrected chi connectivity index (χ1v) is 7.85. The topological polar surface area (TPSA) is 32.3 Å². The van der Waals surface area contributed by atoms with Crippen molar-refractivity contribution in [3.63, 3.8) is 0 Å². The number of amides is 1. The lowest BCUT2D eigenvalue weighted by molar-refractivity contribution is -0.133. The van der Waals surface area contributed by atoms with Gasteiger partial charge in [-0.05, 0) is 57.2 Å². The fourth-order valence-corrected chi connectivity index (χ4v) is 3.02. The van der Waals surface area contributed by atoms with Gasteiger partial charge in [-0.15, -0.1) is 0 Å². The number of nitrogens with zero attached hydrogens (tertiary/aromatic N) is 1. The van der Waals surface area contributed by atoms with Crippen LogP contribution >= 0.6 is 0 Å². The summed E-state index contributed by atoms with van der Waals surface area (Å²) in [5.41, 5.74) is 1.07. The summed E-state index contributed by atoms with van der Waals surface area (Å²) in [7, 11) is 0. The Morgan fingerprint density at radius 2 is 2.05 bits per heavy atom. The van der Waals surface area contributed by atoms with Gasteiger partial charge in [0.05, 0.1) is 6.04 Å². The van der Waals surface area contributed by atoms with Crippen molar-refractivity contribution in [3.8, 4) is 0 Å². The number of hydrogen-bond donors (Lipinski definition) is 1. The summed E-state index contributed by atoms with van der Waals surface area (Å²) in [6.07, 6.45) is 1.94. The quantitative estimate of drug-likeness (QED) is 0.874. The van der Waals surface area contributed by atoms with Crippen LogP contribution in [-0.2, 0) is 4.79 Å². The number of hydrogen-bond acceptors (Lipinski definition) is 2. The largest absolute Gasteiger partial charge is 0.342 e. The van der Waals surface area contributed by atoms with E-state index in [1.54, 1.807) is 12.1 Å². The van der Waals surface area contributed by atoms with Gasteiger partial charge in [0, 0.05) is 19.1 Å². The van der Waals surface area contributed by atoms with Crippen molar-refractivity contribution in [2.75, 3.05) is 13.1 Å². The summed E-state index contributed by atoms with van der Waals surface area (Å²) in [4.78, 5) is 14.0. The van der Waals surface area contributed by atoms with Crippen LogP contribution in [0.5, 0.6) is 0 Å². The SMILES string of the molecule is CCN(CC)C(=O)C(C)NC1CC(c2cccc(F)c2)C1. The third kappa shape index (κ3) is 3.82. The van der Waals surface area contributed by atoms with Crippen molar-refractivity contribution >= 4 is 5.91 Å².